The number of ether oxygens (including phenoxy) is 1. The van der Waals surface area contributed by atoms with E-state index in [-0.39, 0.29) is 0 Å². The highest BCUT2D eigenvalue weighted by Gasteiger charge is 2.01. The third-order valence-corrected chi connectivity index (χ3v) is 2.06. The molecule has 0 amide bonds. The highest BCUT2D eigenvalue weighted by Crippen LogP contribution is 1.99. The minimum Gasteiger partial charge on any atom is -0.379 e. The molecule has 0 saturated heterocycles. The van der Waals surface area contributed by atoms with Crippen molar-refractivity contribution in [3.63, 3.8) is 0 Å². The van der Waals surface area contributed by atoms with Crippen LogP contribution in [0.4, 0.5) is 0 Å². The first kappa shape index (κ1) is 13.9. The van der Waals surface area contributed by atoms with Gasteiger partial charge in [-0.1, -0.05) is 13.8 Å². The van der Waals surface area contributed by atoms with Crippen LogP contribution in [0.1, 0.15) is 40.5 Å². The van der Waals surface area contributed by atoms with Gasteiger partial charge in [0.25, 0.3) is 0 Å². The molecule has 0 aromatic heterocycles. The Morgan fingerprint density at radius 2 is 1.71 bits per heavy atom. The molecule has 0 N–H and O–H groups in total. The van der Waals surface area contributed by atoms with E-state index >= 15 is 0 Å². The second-order valence-electron chi connectivity index (χ2n) is 4.78. The van der Waals surface area contributed by atoms with E-state index in [9.17, 15) is 0 Å². The summed E-state index contributed by atoms with van der Waals surface area (Å²) in [6.45, 7) is 12.0. The Morgan fingerprint density at radius 3 is 2.21 bits per heavy atom. The fourth-order valence-corrected chi connectivity index (χ4v) is 1.52. The number of unbranched alkanes of at least 4 members (excludes halogenated alkanes) is 1. The first-order valence-corrected chi connectivity index (χ1v) is 5.82. The lowest BCUT2D eigenvalue weighted by atomic mass is 10.2. The minimum atomic E-state index is 0.378. The molecule has 2 heteroatoms. The van der Waals surface area contributed by atoms with Crippen LogP contribution in [0.3, 0.4) is 0 Å². The zero-order chi connectivity index (χ0) is 11.0. The second kappa shape index (κ2) is 8.25. The van der Waals surface area contributed by atoms with Crippen LogP contribution in [0.25, 0.3) is 0 Å². The molecule has 0 fully saturated rings. The minimum absolute atomic E-state index is 0.378. The molecule has 0 saturated carbocycles. The van der Waals surface area contributed by atoms with Gasteiger partial charge in [0.2, 0.25) is 0 Å². The van der Waals surface area contributed by atoms with E-state index in [4.69, 9.17) is 4.74 Å². The van der Waals surface area contributed by atoms with Crippen molar-refractivity contribution in [1.29, 1.82) is 0 Å². The van der Waals surface area contributed by atoms with Gasteiger partial charge in [0.15, 0.2) is 0 Å². The van der Waals surface area contributed by atoms with Gasteiger partial charge in [-0.05, 0) is 46.2 Å². The summed E-state index contributed by atoms with van der Waals surface area (Å²) in [6.07, 6.45) is 2.81. The molecule has 0 aromatic carbocycles. The van der Waals surface area contributed by atoms with Gasteiger partial charge in [-0.2, -0.15) is 0 Å². The Balaban J connectivity index is 3.19. The quantitative estimate of drug-likeness (QED) is 0.560. The lowest BCUT2D eigenvalue weighted by Gasteiger charge is -2.18. The molecule has 0 radical (unpaired) electrons. The average molecular weight is 201 g/mol. The van der Waals surface area contributed by atoms with E-state index in [1.54, 1.807) is 0 Å². The zero-order valence-corrected chi connectivity index (χ0v) is 10.5. The molecule has 14 heavy (non-hydrogen) atoms. The molecule has 0 aliphatic carbocycles. The summed E-state index contributed by atoms with van der Waals surface area (Å²) in [5, 5.41) is 0. The van der Waals surface area contributed by atoms with Gasteiger partial charge < -0.3 is 9.64 Å². The predicted molar refractivity (Wildman–Crippen MR) is 62.7 cm³/mol. The van der Waals surface area contributed by atoms with Gasteiger partial charge in [-0.25, -0.2) is 0 Å². The van der Waals surface area contributed by atoms with E-state index in [0.717, 1.165) is 12.5 Å². The molecular weight excluding hydrogens is 174 g/mol. The van der Waals surface area contributed by atoms with Crippen molar-refractivity contribution in [1.82, 2.24) is 4.90 Å². The summed E-state index contributed by atoms with van der Waals surface area (Å²) in [6, 6.07) is 0. The largest absolute Gasteiger partial charge is 0.379 e. The third-order valence-electron chi connectivity index (χ3n) is 2.06. The second-order valence-corrected chi connectivity index (χ2v) is 4.78. The van der Waals surface area contributed by atoms with Crippen LogP contribution in [0, 0.1) is 5.92 Å². The summed E-state index contributed by atoms with van der Waals surface area (Å²) in [4.78, 5) is 2.40. The van der Waals surface area contributed by atoms with Crippen molar-refractivity contribution in [2.24, 2.45) is 5.92 Å². The average Bonchev–Trinajstić information content (AvgIpc) is 2.01. The molecule has 0 heterocycles. The number of hydrogen-bond donors (Lipinski definition) is 0. The van der Waals surface area contributed by atoms with Crippen LogP contribution >= 0.6 is 0 Å². The van der Waals surface area contributed by atoms with E-state index < -0.39 is 0 Å². The third kappa shape index (κ3) is 10.0. The smallest absolute Gasteiger partial charge is 0.0518 e. The summed E-state index contributed by atoms with van der Waals surface area (Å²) in [7, 11) is 2.20. The molecule has 0 aromatic rings. The van der Waals surface area contributed by atoms with Crippen molar-refractivity contribution in [3.05, 3.63) is 0 Å². The number of rotatable bonds is 8. The number of hydrogen-bond acceptors (Lipinski definition) is 2. The Labute approximate surface area is 89.6 Å². The van der Waals surface area contributed by atoms with Gasteiger partial charge in [0, 0.05) is 13.2 Å². The van der Waals surface area contributed by atoms with Crippen LogP contribution in [0.15, 0.2) is 0 Å². The normalized spacial score (nSPS) is 12.0. The summed E-state index contributed by atoms with van der Waals surface area (Å²) >= 11 is 0. The fraction of sp³-hybridized carbons (Fsp3) is 1.00. The summed E-state index contributed by atoms with van der Waals surface area (Å²) in [5.74, 6) is 0.770. The predicted octanol–water partition coefficient (Wildman–Crippen LogP) is 2.78. The van der Waals surface area contributed by atoms with Gasteiger partial charge >= 0.3 is 0 Å². The maximum Gasteiger partial charge on any atom is 0.0518 e. The van der Waals surface area contributed by atoms with Crippen LogP contribution < -0.4 is 0 Å². The lowest BCUT2D eigenvalue weighted by Crippen LogP contribution is -2.24. The van der Waals surface area contributed by atoms with Crippen molar-refractivity contribution in [2.45, 2.75) is 46.6 Å². The molecule has 0 spiro atoms. The van der Waals surface area contributed by atoms with Gasteiger partial charge in [-0.15, -0.1) is 0 Å². The Bertz CT molecular complexity index is 123. The monoisotopic (exact) mass is 201 g/mol. The standard InChI is InChI=1S/C12H27NO/c1-11(2)10-13(5)8-6-7-9-14-12(3)4/h11-12H,6-10H2,1-5H3. The van der Waals surface area contributed by atoms with E-state index in [1.165, 1.54) is 25.9 Å². The van der Waals surface area contributed by atoms with Crippen molar-refractivity contribution < 1.29 is 4.74 Å². The fourth-order valence-electron chi connectivity index (χ4n) is 1.52. The molecule has 0 unspecified atom stereocenters. The van der Waals surface area contributed by atoms with Crippen LogP contribution in [0.5, 0.6) is 0 Å². The highest BCUT2D eigenvalue weighted by molar-refractivity contribution is 4.54. The molecule has 86 valence electrons. The zero-order valence-electron chi connectivity index (χ0n) is 10.5. The first-order valence-electron chi connectivity index (χ1n) is 5.82. The molecule has 2 nitrogen and oxygen atoms in total. The molecule has 0 atom stereocenters. The van der Waals surface area contributed by atoms with Gasteiger partial charge in [0.05, 0.1) is 6.10 Å². The molecule has 0 aliphatic heterocycles. The SMILES string of the molecule is CC(C)CN(C)CCCCOC(C)C. The number of nitrogens with zero attached hydrogens (tertiary/aromatic N) is 1. The van der Waals surface area contributed by atoms with Crippen LogP contribution in [-0.4, -0.2) is 37.7 Å². The summed E-state index contributed by atoms with van der Waals surface area (Å²) in [5.41, 5.74) is 0. The highest BCUT2D eigenvalue weighted by atomic mass is 16.5. The Morgan fingerprint density at radius 1 is 1.07 bits per heavy atom. The van der Waals surface area contributed by atoms with Crippen molar-refractivity contribution in [2.75, 3.05) is 26.7 Å². The molecular formula is C12H27NO. The van der Waals surface area contributed by atoms with E-state index in [0.29, 0.717) is 6.10 Å². The van der Waals surface area contributed by atoms with Crippen LogP contribution in [0.2, 0.25) is 0 Å². The molecule has 0 aliphatic rings. The maximum atomic E-state index is 5.49. The van der Waals surface area contributed by atoms with Gasteiger partial charge in [-0.3, -0.25) is 0 Å². The maximum absolute atomic E-state index is 5.49. The first-order chi connectivity index (χ1) is 6.52. The summed E-state index contributed by atoms with van der Waals surface area (Å²) < 4.78 is 5.49. The van der Waals surface area contributed by atoms with E-state index in [1.807, 2.05) is 0 Å². The van der Waals surface area contributed by atoms with Crippen molar-refractivity contribution >= 4 is 0 Å². The topological polar surface area (TPSA) is 12.5 Å². The Hall–Kier alpha value is -0.0800. The van der Waals surface area contributed by atoms with Crippen molar-refractivity contribution in [3.8, 4) is 0 Å². The molecule has 0 bridgehead atoms. The lowest BCUT2D eigenvalue weighted by molar-refractivity contribution is 0.0745. The Kier molecular flexibility index (Phi) is 8.20. The molecule has 0 rings (SSSR count). The van der Waals surface area contributed by atoms with Crippen LogP contribution in [-0.2, 0) is 4.74 Å². The van der Waals surface area contributed by atoms with E-state index in [2.05, 4.69) is 39.6 Å². The van der Waals surface area contributed by atoms with Gasteiger partial charge in [0.1, 0.15) is 0 Å².